The molecular weight excluding hydrogens is 620 g/mol. The van der Waals surface area contributed by atoms with Crippen molar-refractivity contribution in [1.82, 2.24) is 15.0 Å². The highest BCUT2D eigenvalue weighted by Gasteiger charge is 2.19. The van der Waals surface area contributed by atoms with E-state index in [4.69, 9.17) is 5.11 Å². The van der Waals surface area contributed by atoms with E-state index in [0.717, 1.165) is 39.2 Å². The van der Waals surface area contributed by atoms with Gasteiger partial charge in [0.15, 0.2) is 0 Å². The summed E-state index contributed by atoms with van der Waals surface area (Å²) in [4.78, 5) is 24.3. The van der Waals surface area contributed by atoms with Gasteiger partial charge in [0, 0.05) is 37.1 Å². The first-order chi connectivity index (χ1) is 22.5. The normalized spacial score (nSPS) is 11.4. The van der Waals surface area contributed by atoms with Crippen molar-refractivity contribution in [2.45, 2.75) is 11.4 Å². The molecule has 236 valence electrons. The Morgan fingerprint density at radius 1 is 0.872 bits per heavy atom. The molecule has 0 aliphatic heterocycles. The summed E-state index contributed by atoms with van der Waals surface area (Å²) in [5, 5.41) is 30.7. The van der Waals surface area contributed by atoms with Crippen molar-refractivity contribution in [2.24, 2.45) is 0 Å². The van der Waals surface area contributed by atoms with Crippen molar-refractivity contribution in [3.8, 4) is 22.4 Å². The van der Waals surface area contributed by atoms with Crippen LogP contribution < -0.4 is 9.62 Å². The second-order valence-electron chi connectivity index (χ2n) is 11.1. The van der Waals surface area contributed by atoms with E-state index in [2.05, 4.69) is 15.0 Å². The fraction of sp³-hybridized carbons (Fsp3) is 0.0882. The summed E-state index contributed by atoms with van der Waals surface area (Å²) in [7, 11) is 0.0992. The standard InChI is InChI=1S/C34H28N6O6S/c1-38(2)30-15-11-26-18-31(16-12-25(26)17-30)47(45,46)36-29-13-9-23(10-14-29)22-3-5-24(6-4-22)32-21-39(37-35-32)20-28-8-7-27(34(41)42)19-33(28)40(43)44/h3-19,21,36H,20H2,1-2H3,(H,41,42). The SMILES string of the molecule is CN(C)c1ccc2cc(S(=O)(=O)Nc3ccc(-c4ccc(-c5cn(Cc6ccc(C(=O)O)cc6[N+](=O)[O-])nn5)cc4)cc3)ccc2c1. The molecule has 0 saturated carbocycles. The number of nitrogens with zero attached hydrogens (tertiary/aromatic N) is 5. The molecule has 0 bridgehead atoms. The van der Waals surface area contributed by atoms with Gasteiger partial charge in [-0.15, -0.1) is 5.10 Å². The van der Waals surface area contributed by atoms with Crippen LogP contribution in [0.2, 0.25) is 0 Å². The van der Waals surface area contributed by atoms with E-state index in [0.29, 0.717) is 16.9 Å². The molecule has 47 heavy (non-hydrogen) atoms. The van der Waals surface area contributed by atoms with Gasteiger partial charge in [0.05, 0.1) is 33.7 Å². The maximum Gasteiger partial charge on any atom is 0.335 e. The van der Waals surface area contributed by atoms with Gasteiger partial charge in [0.2, 0.25) is 0 Å². The molecule has 0 radical (unpaired) electrons. The molecule has 0 spiro atoms. The summed E-state index contributed by atoms with van der Waals surface area (Å²) in [5.41, 5.74) is 4.39. The van der Waals surface area contributed by atoms with Crippen molar-refractivity contribution < 1.29 is 23.2 Å². The predicted molar refractivity (Wildman–Crippen MR) is 179 cm³/mol. The quantitative estimate of drug-likeness (QED) is 0.129. The van der Waals surface area contributed by atoms with Crippen molar-refractivity contribution >= 4 is 43.8 Å². The zero-order valence-electron chi connectivity index (χ0n) is 25.2. The van der Waals surface area contributed by atoms with Crippen LogP contribution in [-0.2, 0) is 16.6 Å². The number of nitro benzene ring substituents is 1. The minimum atomic E-state index is -3.81. The molecule has 0 saturated heterocycles. The summed E-state index contributed by atoms with van der Waals surface area (Å²) in [6.07, 6.45) is 1.65. The second-order valence-corrected chi connectivity index (χ2v) is 12.7. The number of anilines is 2. The Morgan fingerprint density at radius 2 is 1.51 bits per heavy atom. The molecule has 1 aromatic heterocycles. The van der Waals surface area contributed by atoms with Gasteiger partial charge in [-0.3, -0.25) is 14.8 Å². The predicted octanol–water partition coefficient (Wildman–Crippen LogP) is 6.29. The van der Waals surface area contributed by atoms with E-state index >= 15 is 0 Å². The van der Waals surface area contributed by atoms with E-state index < -0.39 is 20.9 Å². The average molecular weight is 649 g/mol. The number of rotatable bonds is 10. The first kappa shape index (κ1) is 30.9. The Balaban J connectivity index is 1.13. The highest BCUT2D eigenvalue weighted by Crippen LogP contribution is 2.28. The van der Waals surface area contributed by atoms with E-state index in [9.17, 15) is 23.3 Å². The van der Waals surface area contributed by atoms with Gasteiger partial charge < -0.3 is 10.0 Å². The molecule has 1 heterocycles. The molecule has 0 amide bonds. The fourth-order valence-electron chi connectivity index (χ4n) is 5.12. The fourth-order valence-corrected chi connectivity index (χ4v) is 6.21. The number of nitro groups is 1. The van der Waals surface area contributed by atoms with E-state index in [1.165, 1.54) is 16.8 Å². The third-order valence-electron chi connectivity index (χ3n) is 7.67. The molecule has 0 aliphatic rings. The van der Waals surface area contributed by atoms with Crippen LogP contribution in [0.15, 0.2) is 114 Å². The minimum Gasteiger partial charge on any atom is -0.478 e. The highest BCUT2D eigenvalue weighted by molar-refractivity contribution is 7.92. The monoisotopic (exact) mass is 648 g/mol. The molecule has 0 aliphatic carbocycles. The lowest BCUT2D eigenvalue weighted by Gasteiger charge is -2.14. The topological polar surface area (TPSA) is 161 Å². The van der Waals surface area contributed by atoms with E-state index in [1.807, 2.05) is 73.6 Å². The van der Waals surface area contributed by atoms with Crippen molar-refractivity contribution in [3.63, 3.8) is 0 Å². The third-order valence-corrected chi connectivity index (χ3v) is 9.05. The Morgan fingerprint density at radius 3 is 2.17 bits per heavy atom. The number of hydrogen-bond acceptors (Lipinski definition) is 8. The Labute approximate surface area is 269 Å². The molecule has 0 atom stereocenters. The smallest absolute Gasteiger partial charge is 0.335 e. The van der Waals surface area contributed by atoms with Crippen molar-refractivity contribution in [2.75, 3.05) is 23.7 Å². The first-order valence-electron chi connectivity index (χ1n) is 14.3. The summed E-state index contributed by atoms with van der Waals surface area (Å²) in [6, 6.07) is 29.3. The third kappa shape index (κ3) is 6.65. The van der Waals surface area contributed by atoms with Crippen LogP contribution >= 0.6 is 0 Å². The lowest BCUT2D eigenvalue weighted by molar-refractivity contribution is -0.385. The minimum absolute atomic E-state index is 0.0376. The first-order valence-corrected chi connectivity index (χ1v) is 15.8. The number of nitrogens with one attached hydrogen (secondary N) is 1. The lowest BCUT2D eigenvalue weighted by Crippen LogP contribution is -2.13. The molecule has 6 rings (SSSR count). The molecule has 12 nitrogen and oxygen atoms in total. The molecule has 2 N–H and O–H groups in total. The summed E-state index contributed by atoms with van der Waals surface area (Å²) >= 11 is 0. The Kier molecular flexibility index (Phi) is 8.14. The number of benzene rings is 5. The van der Waals surface area contributed by atoms with Gasteiger partial charge in [0.25, 0.3) is 15.7 Å². The van der Waals surface area contributed by atoms with Crippen LogP contribution in [-0.4, -0.2) is 53.5 Å². The van der Waals surface area contributed by atoms with Crippen molar-refractivity contribution in [3.05, 3.63) is 131 Å². The number of aromatic nitrogens is 3. The van der Waals surface area contributed by atoms with Gasteiger partial charge in [0.1, 0.15) is 5.69 Å². The van der Waals surface area contributed by atoms with Crippen LogP contribution in [0.3, 0.4) is 0 Å². The maximum atomic E-state index is 13.2. The zero-order valence-corrected chi connectivity index (χ0v) is 26.0. The van der Waals surface area contributed by atoms with E-state index in [-0.39, 0.29) is 22.7 Å². The number of hydrogen-bond donors (Lipinski definition) is 2. The van der Waals surface area contributed by atoms with Gasteiger partial charge in [-0.25, -0.2) is 17.9 Å². The van der Waals surface area contributed by atoms with E-state index in [1.54, 1.807) is 36.5 Å². The van der Waals surface area contributed by atoms with Gasteiger partial charge >= 0.3 is 5.97 Å². The van der Waals surface area contributed by atoms with Gasteiger partial charge in [-0.05, 0) is 70.4 Å². The highest BCUT2D eigenvalue weighted by atomic mass is 32.2. The maximum absolute atomic E-state index is 13.2. The molecular formula is C34H28N6O6S. The number of fused-ring (bicyclic) bond motifs is 1. The second kappa shape index (κ2) is 12.4. The van der Waals surface area contributed by atoms with Crippen LogP contribution in [0.5, 0.6) is 0 Å². The largest absolute Gasteiger partial charge is 0.478 e. The lowest BCUT2D eigenvalue weighted by atomic mass is 10.0. The number of carboxylic acids is 1. The number of carboxylic acid groups (broad SMARTS) is 1. The molecule has 5 aromatic carbocycles. The average Bonchev–Trinajstić information content (AvgIpc) is 3.53. The summed E-state index contributed by atoms with van der Waals surface area (Å²) in [6.45, 7) is 0.0376. The molecule has 0 fully saturated rings. The summed E-state index contributed by atoms with van der Waals surface area (Å²) in [5.74, 6) is -1.25. The zero-order chi connectivity index (χ0) is 33.3. The van der Waals surface area contributed by atoms with Crippen LogP contribution in [0.4, 0.5) is 17.1 Å². The number of aromatic carboxylic acids is 1. The van der Waals surface area contributed by atoms with Crippen LogP contribution in [0.25, 0.3) is 33.2 Å². The number of sulfonamides is 1. The van der Waals surface area contributed by atoms with Gasteiger partial charge in [-0.2, -0.15) is 0 Å². The van der Waals surface area contributed by atoms with Crippen molar-refractivity contribution in [1.29, 1.82) is 0 Å². The molecule has 0 unspecified atom stereocenters. The van der Waals surface area contributed by atoms with Gasteiger partial charge in [-0.1, -0.05) is 53.7 Å². The van der Waals surface area contributed by atoms with Crippen LogP contribution in [0.1, 0.15) is 15.9 Å². The Bertz CT molecular complexity index is 2250. The molecule has 13 heteroatoms. The number of carbonyl (C=O) groups is 1. The van der Waals surface area contributed by atoms with Crippen LogP contribution in [0, 0.1) is 10.1 Å². The Hall–Kier alpha value is -6.08. The summed E-state index contributed by atoms with van der Waals surface area (Å²) < 4.78 is 30.4. The molecule has 6 aromatic rings.